The molecule has 1 saturated carbocycles. The molecule has 0 N–H and O–H groups in total. The number of halogens is 3. The van der Waals surface area contributed by atoms with E-state index in [1.165, 1.54) is 6.92 Å². The van der Waals surface area contributed by atoms with Gasteiger partial charge in [-0.1, -0.05) is 33.6 Å². The Morgan fingerprint density at radius 3 is 1.88 bits per heavy atom. The van der Waals surface area contributed by atoms with Gasteiger partial charge in [-0.2, -0.15) is 13.2 Å². The Morgan fingerprint density at radius 1 is 1.00 bits per heavy atom. The fourth-order valence-corrected chi connectivity index (χ4v) is 2.54. The van der Waals surface area contributed by atoms with Gasteiger partial charge in [0.1, 0.15) is 0 Å². The van der Waals surface area contributed by atoms with Crippen molar-refractivity contribution >= 4 is 0 Å². The lowest BCUT2D eigenvalue weighted by molar-refractivity contribution is -0.233. The highest BCUT2D eigenvalue weighted by atomic mass is 19.4. The third kappa shape index (κ3) is 2.92. The molecule has 16 heavy (non-hydrogen) atoms. The Balaban J connectivity index is 2.56. The molecule has 3 heteroatoms. The minimum absolute atomic E-state index is 0.154. The van der Waals surface area contributed by atoms with Crippen LogP contribution in [0.5, 0.6) is 0 Å². The van der Waals surface area contributed by atoms with Gasteiger partial charge in [0.15, 0.2) is 0 Å². The van der Waals surface area contributed by atoms with Gasteiger partial charge in [-0.15, -0.1) is 0 Å². The van der Waals surface area contributed by atoms with Gasteiger partial charge in [0, 0.05) is 0 Å². The minimum Gasteiger partial charge on any atom is -0.171 e. The zero-order chi connectivity index (χ0) is 12.4. The Morgan fingerprint density at radius 2 is 1.50 bits per heavy atom. The largest absolute Gasteiger partial charge is 0.394 e. The normalized spacial score (nSPS) is 36.4. The molecule has 0 saturated heterocycles. The van der Waals surface area contributed by atoms with Crippen LogP contribution >= 0.6 is 0 Å². The van der Waals surface area contributed by atoms with Gasteiger partial charge in [-0.05, 0) is 37.5 Å². The zero-order valence-corrected chi connectivity index (χ0v) is 10.6. The second-order valence-corrected chi connectivity index (χ2v) is 5.97. The summed E-state index contributed by atoms with van der Waals surface area (Å²) in [7, 11) is 0. The minimum atomic E-state index is -4.03. The Bertz CT molecular complexity index is 222. The van der Waals surface area contributed by atoms with Crippen LogP contribution in [-0.2, 0) is 0 Å². The first-order chi connectivity index (χ1) is 7.22. The molecule has 0 aromatic heterocycles. The Hall–Kier alpha value is -0.210. The number of alkyl halides is 3. The molecule has 1 aliphatic rings. The standard InChI is InChI=1S/C13H23F3/c1-4-5-6-11(2)7-9-12(3,10-8-11)13(14,15)16/h4-10H2,1-3H3. The molecule has 0 heterocycles. The van der Waals surface area contributed by atoms with Gasteiger partial charge in [0.2, 0.25) is 0 Å². The molecule has 0 radical (unpaired) electrons. The van der Waals surface area contributed by atoms with Gasteiger partial charge in [-0.25, -0.2) is 0 Å². The van der Waals surface area contributed by atoms with Crippen molar-refractivity contribution in [3.05, 3.63) is 0 Å². The summed E-state index contributed by atoms with van der Waals surface area (Å²) in [5, 5.41) is 0. The van der Waals surface area contributed by atoms with Crippen LogP contribution in [0, 0.1) is 10.8 Å². The van der Waals surface area contributed by atoms with Crippen molar-refractivity contribution in [1.82, 2.24) is 0 Å². The fraction of sp³-hybridized carbons (Fsp3) is 1.00. The lowest BCUT2D eigenvalue weighted by atomic mass is 9.63. The van der Waals surface area contributed by atoms with Crippen molar-refractivity contribution in [1.29, 1.82) is 0 Å². The van der Waals surface area contributed by atoms with E-state index < -0.39 is 11.6 Å². The predicted octanol–water partition coefficient (Wildman–Crippen LogP) is 5.33. The van der Waals surface area contributed by atoms with Crippen LogP contribution in [0.2, 0.25) is 0 Å². The molecule has 0 atom stereocenters. The molecule has 1 rings (SSSR count). The molecule has 0 unspecified atom stereocenters. The molecular formula is C13H23F3. The van der Waals surface area contributed by atoms with Crippen LogP contribution in [0.3, 0.4) is 0 Å². The Labute approximate surface area is 96.6 Å². The van der Waals surface area contributed by atoms with E-state index in [0.29, 0.717) is 12.8 Å². The second kappa shape index (κ2) is 4.58. The van der Waals surface area contributed by atoms with Gasteiger partial charge in [-0.3, -0.25) is 0 Å². The molecular weight excluding hydrogens is 213 g/mol. The van der Waals surface area contributed by atoms with Crippen LogP contribution in [-0.4, -0.2) is 6.18 Å². The van der Waals surface area contributed by atoms with Crippen molar-refractivity contribution in [3.63, 3.8) is 0 Å². The summed E-state index contributed by atoms with van der Waals surface area (Å²) >= 11 is 0. The number of hydrogen-bond acceptors (Lipinski definition) is 0. The van der Waals surface area contributed by atoms with Crippen molar-refractivity contribution in [2.75, 3.05) is 0 Å². The summed E-state index contributed by atoms with van der Waals surface area (Å²) in [6, 6.07) is 0. The smallest absolute Gasteiger partial charge is 0.171 e. The van der Waals surface area contributed by atoms with E-state index in [9.17, 15) is 13.2 Å². The maximum Gasteiger partial charge on any atom is 0.394 e. The third-order valence-electron chi connectivity index (χ3n) is 4.38. The summed E-state index contributed by atoms with van der Waals surface area (Å²) in [5.74, 6) is 0. The van der Waals surface area contributed by atoms with E-state index in [0.717, 1.165) is 32.1 Å². The average Bonchev–Trinajstić information content (AvgIpc) is 2.19. The van der Waals surface area contributed by atoms with Gasteiger partial charge >= 0.3 is 6.18 Å². The monoisotopic (exact) mass is 236 g/mol. The molecule has 0 spiro atoms. The van der Waals surface area contributed by atoms with Crippen molar-refractivity contribution < 1.29 is 13.2 Å². The maximum atomic E-state index is 12.8. The van der Waals surface area contributed by atoms with Crippen molar-refractivity contribution in [3.8, 4) is 0 Å². The summed E-state index contributed by atoms with van der Waals surface area (Å²) in [5.41, 5.74) is -1.28. The molecule has 96 valence electrons. The van der Waals surface area contributed by atoms with E-state index >= 15 is 0 Å². The summed E-state index contributed by atoms with van der Waals surface area (Å²) in [6.45, 7) is 5.66. The molecule has 0 aromatic carbocycles. The third-order valence-corrected chi connectivity index (χ3v) is 4.38. The molecule has 0 amide bonds. The van der Waals surface area contributed by atoms with Crippen LogP contribution in [0.15, 0.2) is 0 Å². The zero-order valence-electron chi connectivity index (χ0n) is 10.6. The van der Waals surface area contributed by atoms with Crippen LogP contribution in [0.4, 0.5) is 13.2 Å². The lowest BCUT2D eigenvalue weighted by Crippen LogP contribution is -2.41. The van der Waals surface area contributed by atoms with Gasteiger partial charge < -0.3 is 0 Å². The van der Waals surface area contributed by atoms with E-state index in [1.54, 1.807) is 0 Å². The summed E-state index contributed by atoms with van der Waals surface area (Å²) in [6.07, 6.45) is 1.38. The van der Waals surface area contributed by atoms with E-state index in [2.05, 4.69) is 13.8 Å². The topological polar surface area (TPSA) is 0 Å². The summed E-state index contributed by atoms with van der Waals surface area (Å²) < 4.78 is 38.5. The molecule has 0 bridgehead atoms. The highest BCUT2D eigenvalue weighted by molar-refractivity contribution is 4.92. The molecule has 1 aliphatic carbocycles. The van der Waals surface area contributed by atoms with Crippen molar-refractivity contribution in [2.45, 2.75) is 71.9 Å². The van der Waals surface area contributed by atoms with E-state index in [4.69, 9.17) is 0 Å². The lowest BCUT2D eigenvalue weighted by Gasteiger charge is -2.44. The second-order valence-electron chi connectivity index (χ2n) is 5.97. The molecule has 0 nitrogen and oxygen atoms in total. The average molecular weight is 236 g/mol. The van der Waals surface area contributed by atoms with Crippen LogP contribution in [0.25, 0.3) is 0 Å². The first-order valence-electron chi connectivity index (χ1n) is 6.29. The fourth-order valence-electron chi connectivity index (χ4n) is 2.54. The highest BCUT2D eigenvalue weighted by Crippen LogP contribution is 2.54. The number of unbranched alkanes of at least 4 members (excludes halogenated alkanes) is 1. The first-order valence-corrected chi connectivity index (χ1v) is 6.29. The van der Waals surface area contributed by atoms with Gasteiger partial charge in [0.05, 0.1) is 5.41 Å². The van der Waals surface area contributed by atoms with Gasteiger partial charge in [0.25, 0.3) is 0 Å². The number of rotatable bonds is 3. The number of hydrogen-bond donors (Lipinski definition) is 0. The predicted molar refractivity (Wildman–Crippen MR) is 60.3 cm³/mol. The maximum absolute atomic E-state index is 12.8. The molecule has 0 aliphatic heterocycles. The van der Waals surface area contributed by atoms with Crippen LogP contribution < -0.4 is 0 Å². The quantitative estimate of drug-likeness (QED) is 0.621. The first kappa shape index (κ1) is 13.9. The van der Waals surface area contributed by atoms with Crippen molar-refractivity contribution in [2.24, 2.45) is 10.8 Å². The SMILES string of the molecule is CCCCC1(C)CCC(C)(C(F)(F)F)CC1. The van der Waals surface area contributed by atoms with E-state index in [1.807, 2.05) is 0 Å². The summed E-state index contributed by atoms with van der Waals surface area (Å²) in [4.78, 5) is 0. The Kier molecular flexibility index (Phi) is 3.96. The van der Waals surface area contributed by atoms with E-state index in [-0.39, 0.29) is 5.41 Å². The molecule has 1 fully saturated rings. The molecule has 0 aromatic rings. The highest BCUT2D eigenvalue weighted by Gasteiger charge is 2.53. The van der Waals surface area contributed by atoms with Crippen LogP contribution in [0.1, 0.15) is 65.7 Å².